The number of esters is 1. The Morgan fingerprint density at radius 1 is 1.20 bits per heavy atom. The van der Waals surface area contributed by atoms with Crippen molar-refractivity contribution in [2.75, 3.05) is 39.2 Å². The van der Waals surface area contributed by atoms with Crippen molar-refractivity contribution < 1.29 is 19.1 Å². The summed E-state index contributed by atoms with van der Waals surface area (Å²) in [6.45, 7) is 1.27. The molecule has 1 amide bonds. The van der Waals surface area contributed by atoms with Crippen LogP contribution in [-0.2, 0) is 14.3 Å². The lowest BCUT2D eigenvalue weighted by Gasteiger charge is -2.10. The minimum atomic E-state index is -0.436. The van der Waals surface area contributed by atoms with Crippen LogP contribution < -0.4 is 10.6 Å². The number of carbonyl (C=O) groups excluding carboxylic acids is 2. The number of nitrogens with one attached hydrogen (secondary N) is 2. The zero-order valence-corrected chi connectivity index (χ0v) is 11.8. The van der Waals surface area contributed by atoms with Crippen LogP contribution in [0.3, 0.4) is 0 Å². The van der Waals surface area contributed by atoms with Crippen molar-refractivity contribution in [1.82, 2.24) is 5.32 Å². The predicted molar refractivity (Wildman–Crippen MR) is 75.8 cm³/mol. The van der Waals surface area contributed by atoms with Gasteiger partial charge in [0.15, 0.2) is 0 Å². The maximum Gasteiger partial charge on any atom is 0.339 e. The first-order chi connectivity index (χ1) is 9.69. The summed E-state index contributed by atoms with van der Waals surface area (Å²) in [6, 6.07) is 6.89. The van der Waals surface area contributed by atoms with Gasteiger partial charge in [-0.1, -0.05) is 12.1 Å². The monoisotopic (exact) mass is 280 g/mol. The smallest absolute Gasteiger partial charge is 0.339 e. The summed E-state index contributed by atoms with van der Waals surface area (Å²) in [5.41, 5.74) is 0.980. The number of rotatable bonds is 8. The predicted octanol–water partition coefficient (Wildman–Crippen LogP) is 1.04. The third-order valence-corrected chi connectivity index (χ3v) is 2.62. The molecule has 0 radical (unpaired) electrons. The highest BCUT2D eigenvalue weighted by molar-refractivity contribution is 5.96. The summed E-state index contributed by atoms with van der Waals surface area (Å²) in [5, 5.41) is 5.68. The molecule has 20 heavy (non-hydrogen) atoms. The van der Waals surface area contributed by atoms with E-state index in [1.54, 1.807) is 31.4 Å². The molecule has 6 nitrogen and oxygen atoms in total. The van der Waals surface area contributed by atoms with Crippen molar-refractivity contribution >= 4 is 17.6 Å². The number of carbonyl (C=O) groups is 2. The second-order valence-electron chi connectivity index (χ2n) is 4.09. The van der Waals surface area contributed by atoms with Crippen LogP contribution in [-0.4, -0.2) is 45.8 Å². The molecule has 0 saturated carbocycles. The Labute approximate surface area is 118 Å². The lowest BCUT2D eigenvalue weighted by molar-refractivity contribution is -0.119. The van der Waals surface area contributed by atoms with Crippen LogP contribution in [0.15, 0.2) is 24.3 Å². The van der Waals surface area contributed by atoms with Gasteiger partial charge < -0.3 is 20.1 Å². The summed E-state index contributed by atoms with van der Waals surface area (Å²) in [5.74, 6) is -0.575. The average Bonchev–Trinajstić information content (AvgIpc) is 2.49. The average molecular weight is 280 g/mol. The van der Waals surface area contributed by atoms with Crippen molar-refractivity contribution in [3.8, 4) is 0 Å². The number of ether oxygens (including phenoxy) is 2. The third-order valence-electron chi connectivity index (χ3n) is 2.62. The van der Waals surface area contributed by atoms with Crippen LogP contribution in [0, 0.1) is 0 Å². The van der Waals surface area contributed by atoms with Gasteiger partial charge in [0.2, 0.25) is 5.91 Å². The largest absolute Gasteiger partial charge is 0.465 e. The van der Waals surface area contributed by atoms with Crippen molar-refractivity contribution in [2.24, 2.45) is 0 Å². The molecular weight excluding hydrogens is 260 g/mol. The number of hydrogen-bond donors (Lipinski definition) is 2. The minimum absolute atomic E-state index is 0.0982. The van der Waals surface area contributed by atoms with Crippen molar-refractivity contribution in [3.63, 3.8) is 0 Å². The molecule has 0 saturated heterocycles. The summed E-state index contributed by atoms with van der Waals surface area (Å²) >= 11 is 0. The van der Waals surface area contributed by atoms with Gasteiger partial charge in [0, 0.05) is 25.9 Å². The second kappa shape index (κ2) is 8.92. The van der Waals surface area contributed by atoms with E-state index >= 15 is 0 Å². The Morgan fingerprint density at radius 2 is 1.95 bits per heavy atom. The van der Waals surface area contributed by atoms with Gasteiger partial charge in [0.1, 0.15) is 0 Å². The normalized spacial score (nSPS) is 9.90. The maximum absolute atomic E-state index is 11.6. The van der Waals surface area contributed by atoms with Crippen molar-refractivity contribution in [2.45, 2.75) is 6.42 Å². The molecule has 0 spiro atoms. The van der Waals surface area contributed by atoms with E-state index in [2.05, 4.69) is 15.4 Å². The highest BCUT2D eigenvalue weighted by atomic mass is 16.5. The van der Waals surface area contributed by atoms with Gasteiger partial charge in [-0.2, -0.15) is 0 Å². The Kier molecular flexibility index (Phi) is 7.13. The molecule has 0 heterocycles. The van der Waals surface area contributed by atoms with Crippen molar-refractivity contribution in [3.05, 3.63) is 29.8 Å². The highest BCUT2D eigenvalue weighted by Gasteiger charge is 2.11. The number of hydrogen-bond acceptors (Lipinski definition) is 5. The topological polar surface area (TPSA) is 76.7 Å². The fourth-order valence-corrected chi connectivity index (χ4v) is 1.61. The Morgan fingerprint density at radius 3 is 2.65 bits per heavy atom. The third kappa shape index (κ3) is 5.27. The number of para-hydroxylation sites is 1. The molecule has 110 valence electrons. The fraction of sp³-hybridized carbons (Fsp3) is 0.429. The van der Waals surface area contributed by atoms with E-state index in [0.717, 1.165) is 6.42 Å². The molecule has 6 heteroatoms. The standard InChI is InChI=1S/C14H20N2O4/c1-19-9-5-8-15-13(17)10-16-12-7-4-3-6-11(12)14(18)20-2/h3-4,6-7,16H,5,8-10H2,1-2H3,(H,15,17). The zero-order chi connectivity index (χ0) is 14.8. The molecule has 0 fully saturated rings. The quantitative estimate of drug-likeness (QED) is 0.549. The summed E-state index contributed by atoms with van der Waals surface area (Å²) in [4.78, 5) is 23.1. The molecule has 2 N–H and O–H groups in total. The molecular formula is C14H20N2O4. The molecule has 0 unspecified atom stereocenters. The molecule has 0 aliphatic rings. The van der Waals surface area contributed by atoms with Crippen LogP contribution in [0.1, 0.15) is 16.8 Å². The van der Waals surface area contributed by atoms with Gasteiger partial charge in [0.05, 0.1) is 19.2 Å². The highest BCUT2D eigenvalue weighted by Crippen LogP contribution is 2.15. The molecule has 1 aromatic carbocycles. The maximum atomic E-state index is 11.6. The van der Waals surface area contributed by atoms with Crippen LogP contribution >= 0.6 is 0 Å². The molecule has 1 rings (SSSR count). The summed E-state index contributed by atoms with van der Waals surface area (Å²) < 4.78 is 9.57. The van der Waals surface area contributed by atoms with Crippen molar-refractivity contribution in [1.29, 1.82) is 0 Å². The zero-order valence-electron chi connectivity index (χ0n) is 11.8. The number of anilines is 1. The van der Waals surface area contributed by atoms with Crippen LogP contribution in [0.25, 0.3) is 0 Å². The van der Waals surface area contributed by atoms with E-state index in [4.69, 9.17) is 4.74 Å². The first kappa shape index (κ1) is 16.0. The SMILES string of the molecule is COCCCNC(=O)CNc1ccccc1C(=O)OC. The first-order valence-electron chi connectivity index (χ1n) is 6.36. The Bertz CT molecular complexity index is 449. The van der Waals surface area contributed by atoms with Crippen LogP contribution in [0.4, 0.5) is 5.69 Å². The lowest BCUT2D eigenvalue weighted by Crippen LogP contribution is -2.31. The van der Waals surface area contributed by atoms with Crippen LogP contribution in [0.2, 0.25) is 0 Å². The van der Waals surface area contributed by atoms with E-state index < -0.39 is 5.97 Å². The van der Waals surface area contributed by atoms with Crippen LogP contribution in [0.5, 0.6) is 0 Å². The second-order valence-corrected chi connectivity index (χ2v) is 4.09. The van der Waals surface area contributed by atoms with Gasteiger partial charge >= 0.3 is 5.97 Å². The van der Waals surface area contributed by atoms with E-state index in [1.807, 2.05) is 0 Å². The summed E-state index contributed by atoms with van der Waals surface area (Å²) in [7, 11) is 2.94. The molecule has 0 atom stereocenters. The Hall–Kier alpha value is -2.08. The Balaban J connectivity index is 2.45. The van der Waals surface area contributed by atoms with E-state index in [1.165, 1.54) is 7.11 Å². The molecule has 0 aliphatic heterocycles. The number of methoxy groups -OCH3 is 2. The molecule has 0 bridgehead atoms. The van der Waals surface area contributed by atoms with Gasteiger partial charge in [-0.3, -0.25) is 4.79 Å². The molecule has 1 aromatic rings. The van der Waals surface area contributed by atoms with E-state index in [-0.39, 0.29) is 12.5 Å². The first-order valence-corrected chi connectivity index (χ1v) is 6.36. The van der Waals surface area contributed by atoms with E-state index in [0.29, 0.717) is 24.4 Å². The van der Waals surface area contributed by atoms with Gasteiger partial charge in [-0.15, -0.1) is 0 Å². The fourth-order valence-electron chi connectivity index (χ4n) is 1.61. The molecule has 0 aromatic heterocycles. The minimum Gasteiger partial charge on any atom is -0.465 e. The van der Waals surface area contributed by atoms with E-state index in [9.17, 15) is 9.59 Å². The van der Waals surface area contributed by atoms with Gasteiger partial charge in [-0.05, 0) is 18.6 Å². The number of amides is 1. The lowest BCUT2D eigenvalue weighted by atomic mass is 10.2. The van der Waals surface area contributed by atoms with Gasteiger partial charge in [0.25, 0.3) is 0 Å². The van der Waals surface area contributed by atoms with Gasteiger partial charge in [-0.25, -0.2) is 4.79 Å². The number of benzene rings is 1. The summed E-state index contributed by atoms with van der Waals surface area (Å²) in [6.07, 6.45) is 0.765. The molecule has 0 aliphatic carbocycles.